The van der Waals surface area contributed by atoms with Crippen molar-refractivity contribution in [1.82, 2.24) is 0 Å². The van der Waals surface area contributed by atoms with E-state index in [0.717, 1.165) is 37.0 Å². The number of benzene rings is 1. The van der Waals surface area contributed by atoms with E-state index in [-0.39, 0.29) is 10.8 Å². The number of fused-ring (bicyclic) bond motifs is 2. The third-order valence-electron chi connectivity index (χ3n) is 6.76. The maximum Gasteiger partial charge on any atom is 0.125 e. The minimum absolute atomic E-state index is 0.0424. The van der Waals surface area contributed by atoms with Crippen LogP contribution < -0.4 is 4.74 Å². The Labute approximate surface area is 134 Å². The van der Waals surface area contributed by atoms with Crippen molar-refractivity contribution in [3.05, 3.63) is 29.3 Å². The summed E-state index contributed by atoms with van der Waals surface area (Å²) in [5, 5.41) is 12.0. The second-order valence-corrected chi connectivity index (χ2v) is 8.22. The largest absolute Gasteiger partial charge is 0.496 e. The summed E-state index contributed by atoms with van der Waals surface area (Å²) in [5.74, 6) is 1.44. The Morgan fingerprint density at radius 3 is 2.55 bits per heavy atom. The van der Waals surface area contributed by atoms with E-state index in [1.54, 1.807) is 7.11 Å². The van der Waals surface area contributed by atoms with E-state index in [9.17, 15) is 5.11 Å². The van der Waals surface area contributed by atoms with Crippen molar-refractivity contribution < 1.29 is 9.84 Å². The molecule has 1 N–H and O–H groups in total. The van der Waals surface area contributed by atoms with Crippen molar-refractivity contribution in [2.45, 2.75) is 65.4 Å². The lowest BCUT2D eigenvalue weighted by Gasteiger charge is -2.51. The van der Waals surface area contributed by atoms with Gasteiger partial charge in [0, 0.05) is 16.4 Å². The molecule has 2 aliphatic rings. The van der Waals surface area contributed by atoms with Gasteiger partial charge in [0.25, 0.3) is 0 Å². The van der Waals surface area contributed by atoms with Gasteiger partial charge in [-0.3, -0.25) is 0 Å². The van der Waals surface area contributed by atoms with Crippen molar-refractivity contribution in [3.63, 3.8) is 0 Å². The van der Waals surface area contributed by atoms with Crippen LogP contribution in [0.5, 0.6) is 5.75 Å². The molecule has 2 bridgehead atoms. The highest BCUT2D eigenvalue weighted by Gasteiger charge is 2.69. The second kappa shape index (κ2) is 4.99. The number of rotatable bonds is 4. The van der Waals surface area contributed by atoms with Crippen molar-refractivity contribution in [1.29, 1.82) is 0 Å². The molecule has 1 aromatic carbocycles. The molecular weight excluding hydrogens is 272 g/mol. The second-order valence-electron chi connectivity index (χ2n) is 8.22. The van der Waals surface area contributed by atoms with E-state index in [2.05, 4.69) is 39.8 Å². The topological polar surface area (TPSA) is 29.5 Å². The minimum atomic E-state index is -0.808. The first-order valence-corrected chi connectivity index (χ1v) is 8.70. The lowest BCUT2D eigenvalue weighted by Crippen LogP contribution is -2.51. The number of ether oxygens (including phenoxy) is 1. The molecule has 0 heterocycles. The maximum atomic E-state index is 12.0. The van der Waals surface area contributed by atoms with E-state index in [4.69, 9.17) is 4.74 Å². The van der Waals surface area contributed by atoms with Gasteiger partial charge >= 0.3 is 0 Å². The highest BCUT2D eigenvalue weighted by Crippen LogP contribution is 2.72. The molecule has 1 aromatic rings. The summed E-state index contributed by atoms with van der Waals surface area (Å²) in [6, 6.07) is 6.39. The molecular formula is C20H30O2. The Bertz CT molecular complexity index is 570. The summed E-state index contributed by atoms with van der Waals surface area (Å²) in [5.41, 5.74) is 1.35. The Hall–Kier alpha value is -1.02. The Morgan fingerprint density at radius 1 is 1.27 bits per heavy atom. The molecule has 2 saturated carbocycles. The third-order valence-corrected chi connectivity index (χ3v) is 6.76. The van der Waals surface area contributed by atoms with E-state index in [1.807, 2.05) is 6.07 Å². The Kier molecular flexibility index (Phi) is 3.60. The molecule has 0 saturated heterocycles. The number of hydrogen-bond donors (Lipinski definition) is 1. The number of aryl methyl sites for hydroxylation is 1. The average molecular weight is 302 g/mol. The Morgan fingerprint density at radius 2 is 2.00 bits per heavy atom. The van der Waals surface area contributed by atoms with Crippen LogP contribution in [0.3, 0.4) is 0 Å². The van der Waals surface area contributed by atoms with Gasteiger partial charge in [0.2, 0.25) is 0 Å². The molecule has 2 heteroatoms. The van der Waals surface area contributed by atoms with Gasteiger partial charge in [-0.15, -0.1) is 0 Å². The van der Waals surface area contributed by atoms with Crippen molar-refractivity contribution in [2.75, 3.05) is 7.11 Å². The molecule has 0 amide bonds. The van der Waals surface area contributed by atoms with Crippen LogP contribution in [0.15, 0.2) is 18.2 Å². The molecule has 2 fully saturated rings. The standard InChI is InChI=1S/C20H30O2/c1-6-7-14-8-9-17(22-5)16(12-14)20(21)18(2,3)15-10-11-19(20,4)13-15/h8-9,12,15,21H,6-7,10-11,13H2,1-5H3/t15?,19?,20-/m0/s1. The third kappa shape index (κ3) is 1.83. The highest BCUT2D eigenvalue weighted by molar-refractivity contribution is 5.46. The number of aliphatic hydroxyl groups is 1. The van der Waals surface area contributed by atoms with E-state index < -0.39 is 5.60 Å². The predicted octanol–water partition coefficient (Wildman–Crippen LogP) is 4.68. The van der Waals surface area contributed by atoms with Crippen LogP contribution in [0, 0.1) is 16.7 Å². The van der Waals surface area contributed by atoms with Crippen molar-refractivity contribution >= 4 is 0 Å². The summed E-state index contributed by atoms with van der Waals surface area (Å²) < 4.78 is 5.64. The maximum absolute atomic E-state index is 12.0. The molecule has 2 unspecified atom stereocenters. The van der Waals surface area contributed by atoms with E-state index in [1.165, 1.54) is 12.0 Å². The first-order chi connectivity index (χ1) is 10.3. The molecule has 0 aromatic heterocycles. The highest BCUT2D eigenvalue weighted by atomic mass is 16.5. The van der Waals surface area contributed by atoms with Crippen LogP contribution in [0.1, 0.15) is 64.5 Å². The SMILES string of the molecule is CCCc1ccc(OC)c([C@@]2(O)C3(C)CCC(C3)C2(C)C)c1. The smallest absolute Gasteiger partial charge is 0.125 e. The monoisotopic (exact) mass is 302 g/mol. The molecule has 122 valence electrons. The van der Waals surface area contributed by atoms with Crippen LogP contribution >= 0.6 is 0 Å². The van der Waals surface area contributed by atoms with Gasteiger partial charge < -0.3 is 9.84 Å². The fraction of sp³-hybridized carbons (Fsp3) is 0.700. The number of hydrogen-bond acceptors (Lipinski definition) is 2. The average Bonchev–Trinajstić information content (AvgIpc) is 2.96. The quantitative estimate of drug-likeness (QED) is 0.875. The normalized spacial score (nSPS) is 35.8. The summed E-state index contributed by atoms with van der Waals surface area (Å²) in [6.07, 6.45) is 5.64. The van der Waals surface area contributed by atoms with Gasteiger partial charge in [0.05, 0.1) is 7.11 Å². The summed E-state index contributed by atoms with van der Waals surface area (Å²) in [7, 11) is 1.71. The molecule has 2 nitrogen and oxygen atoms in total. The van der Waals surface area contributed by atoms with Crippen molar-refractivity contribution in [3.8, 4) is 5.75 Å². The first-order valence-electron chi connectivity index (χ1n) is 8.70. The van der Waals surface area contributed by atoms with Crippen LogP contribution in [-0.2, 0) is 12.0 Å². The van der Waals surface area contributed by atoms with Gasteiger partial charge in [-0.05, 0) is 49.3 Å². The number of methoxy groups -OCH3 is 1. The first kappa shape index (κ1) is 15.9. The fourth-order valence-corrected chi connectivity index (χ4v) is 5.41. The van der Waals surface area contributed by atoms with Gasteiger partial charge in [-0.25, -0.2) is 0 Å². The molecule has 2 aliphatic carbocycles. The van der Waals surface area contributed by atoms with Gasteiger partial charge in [-0.1, -0.05) is 40.2 Å². The van der Waals surface area contributed by atoms with Gasteiger partial charge in [0.15, 0.2) is 0 Å². The predicted molar refractivity (Wildman–Crippen MR) is 90.1 cm³/mol. The summed E-state index contributed by atoms with van der Waals surface area (Å²) >= 11 is 0. The zero-order chi connectivity index (χ0) is 16.2. The zero-order valence-electron chi connectivity index (χ0n) is 14.7. The van der Waals surface area contributed by atoms with Gasteiger partial charge in [0.1, 0.15) is 11.4 Å². The van der Waals surface area contributed by atoms with Crippen LogP contribution in [-0.4, -0.2) is 12.2 Å². The molecule has 3 atom stereocenters. The fourth-order valence-electron chi connectivity index (χ4n) is 5.41. The van der Waals surface area contributed by atoms with E-state index >= 15 is 0 Å². The summed E-state index contributed by atoms with van der Waals surface area (Å²) in [6.45, 7) is 8.96. The van der Waals surface area contributed by atoms with Crippen molar-refractivity contribution in [2.24, 2.45) is 16.7 Å². The van der Waals surface area contributed by atoms with Crippen LogP contribution in [0.25, 0.3) is 0 Å². The molecule has 0 aliphatic heterocycles. The molecule has 3 rings (SSSR count). The Balaban J connectivity index is 2.18. The van der Waals surface area contributed by atoms with Gasteiger partial charge in [-0.2, -0.15) is 0 Å². The minimum Gasteiger partial charge on any atom is -0.496 e. The lowest BCUT2D eigenvalue weighted by atomic mass is 9.57. The summed E-state index contributed by atoms with van der Waals surface area (Å²) in [4.78, 5) is 0. The zero-order valence-corrected chi connectivity index (χ0v) is 14.7. The molecule has 22 heavy (non-hydrogen) atoms. The van der Waals surface area contributed by atoms with Crippen LogP contribution in [0.4, 0.5) is 0 Å². The van der Waals surface area contributed by atoms with Crippen LogP contribution in [0.2, 0.25) is 0 Å². The molecule has 0 spiro atoms. The lowest BCUT2D eigenvalue weighted by molar-refractivity contribution is -0.151. The molecule has 0 radical (unpaired) electrons. The van der Waals surface area contributed by atoms with E-state index in [0.29, 0.717) is 5.92 Å².